The summed E-state index contributed by atoms with van der Waals surface area (Å²) < 4.78 is 13.0. The van der Waals surface area contributed by atoms with Crippen LogP contribution in [0, 0.1) is 11.7 Å². The van der Waals surface area contributed by atoms with E-state index in [1.165, 1.54) is 17.7 Å². The summed E-state index contributed by atoms with van der Waals surface area (Å²) in [6.07, 6.45) is 0. The molecule has 1 N–H and O–H groups in total. The van der Waals surface area contributed by atoms with E-state index in [0.29, 0.717) is 16.9 Å². The molecule has 0 amide bonds. The number of halogens is 2. The van der Waals surface area contributed by atoms with Crippen molar-refractivity contribution < 1.29 is 4.39 Å². The normalized spacial score (nSPS) is 12.4. The van der Waals surface area contributed by atoms with Crippen molar-refractivity contribution in [3.63, 3.8) is 0 Å². The Hall–Kier alpha value is -1.54. The molecule has 2 aromatic carbocycles. The average Bonchev–Trinajstić information content (AvgIpc) is 2.42. The lowest BCUT2D eigenvalue weighted by molar-refractivity contribution is 0.517. The van der Waals surface area contributed by atoms with Crippen molar-refractivity contribution in [2.45, 2.75) is 19.8 Å². The number of nitrogens with one attached hydrogen (secondary N) is 1. The first-order valence-corrected chi connectivity index (χ1v) is 7.19. The maximum absolute atomic E-state index is 13.0. The van der Waals surface area contributed by atoms with E-state index in [2.05, 4.69) is 43.4 Å². The van der Waals surface area contributed by atoms with Crippen LogP contribution in [0.3, 0.4) is 0 Å². The summed E-state index contributed by atoms with van der Waals surface area (Å²) in [5, 5.41) is 3.74. The van der Waals surface area contributed by atoms with E-state index < -0.39 is 0 Å². The van der Waals surface area contributed by atoms with Crippen LogP contribution in [0.25, 0.3) is 0 Å². The van der Waals surface area contributed by atoms with Crippen LogP contribution in [-0.2, 0) is 0 Å². The molecule has 0 heterocycles. The second-order valence-corrected chi connectivity index (χ2v) is 5.67. The highest BCUT2D eigenvalue weighted by Gasteiger charge is 2.15. The first-order chi connectivity index (χ1) is 9.58. The standard InChI is InChI=1S/C17H19ClFN/c1-12(2)15(13-6-4-3-5-7-13)11-20-17-9-8-14(19)10-16(17)18/h3-10,12,15,20H,11H2,1-2H3. The van der Waals surface area contributed by atoms with Gasteiger partial charge in [0.25, 0.3) is 0 Å². The van der Waals surface area contributed by atoms with Crippen molar-refractivity contribution in [1.29, 1.82) is 0 Å². The fourth-order valence-electron chi connectivity index (χ4n) is 2.29. The van der Waals surface area contributed by atoms with Crippen LogP contribution in [0.4, 0.5) is 10.1 Å². The number of benzene rings is 2. The van der Waals surface area contributed by atoms with Gasteiger partial charge in [0.15, 0.2) is 0 Å². The molecule has 0 aliphatic heterocycles. The van der Waals surface area contributed by atoms with Crippen molar-refractivity contribution in [1.82, 2.24) is 0 Å². The molecule has 0 bridgehead atoms. The number of rotatable bonds is 5. The van der Waals surface area contributed by atoms with E-state index in [9.17, 15) is 4.39 Å². The highest BCUT2D eigenvalue weighted by atomic mass is 35.5. The van der Waals surface area contributed by atoms with E-state index in [1.54, 1.807) is 6.07 Å². The summed E-state index contributed by atoms with van der Waals surface area (Å²) in [6.45, 7) is 5.17. The lowest BCUT2D eigenvalue weighted by Crippen LogP contribution is -2.17. The molecule has 0 radical (unpaired) electrons. The SMILES string of the molecule is CC(C)C(CNc1ccc(F)cc1Cl)c1ccccc1. The van der Waals surface area contributed by atoms with Crippen LogP contribution in [0.2, 0.25) is 5.02 Å². The third kappa shape index (κ3) is 3.73. The molecule has 0 aromatic heterocycles. The molecule has 106 valence electrons. The number of hydrogen-bond acceptors (Lipinski definition) is 1. The molecule has 2 aromatic rings. The maximum atomic E-state index is 13.0. The van der Waals surface area contributed by atoms with Crippen molar-refractivity contribution in [2.24, 2.45) is 5.92 Å². The molecule has 0 fully saturated rings. The zero-order chi connectivity index (χ0) is 14.5. The molecular formula is C17H19ClFN. The largest absolute Gasteiger partial charge is 0.383 e. The molecule has 0 spiro atoms. The Morgan fingerprint density at radius 1 is 1.10 bits per heavy atom. The average molecular weight is 292 g/mol. The van der Waals surface area contributed by atoms with Gasteiger partial charge >= 0.3 is 0 Å². The Morgan fingerprint density at radius 3 is 2.40 bits per heavy atom. The minimum absolute atomic E-state index is 0.316. The predicted octanol–water partition coefficient (Wildman–Crippen LogP) is 5.33. The fraction of sp³-hybridized carbons (Fsp3) is 0.294. The summed E-state index contributed by atoms with van der Waals surface area (Å²) >= 11 is 6.04. The second-order valence-electron chi connectivity index (χ2n) is 5.27. The van der Waals surface area contributed by atoms with Gasteiger partial charge in [0.2, 0.25) is 0 Å². The molecule has 0 saturated carbocycles. The van der Waals surface area contributed by atoms with Crippen molar-refractivity contribution >= 4 is 17.3 Å². The molecule has 0 aliphatic rings. The molecular weight excluding hydrogens is 273 g/mol. The molecule has 1 atom stereocenters. The van der Waals surface area contributed by atoms with Gasteiger partial charge in [0, 0.05) is 12.5 Å². The van der Waals surface area contributed by atoms with Gasteiger partial charge in [-0.15, -0.1) is 0 Å². The fourth-order valence-corrected chi connectivity index (χ4v) is 2.53. The van der Waals surface area contributed by atoms with Gasteiger partial charge in [-0.1, -0.05) is 55.8 Å². The Balaban J connectivity index is 2.10. The van der Waals surface area contributed by atoms with Crippen LogP contribution < -0.4 is 5.32 Å². The van der Waals surface area contributed by atoms with Gasteiger partial charge in [0.05, 0.1) is 10.7 Å². The van der Waals surface area contributed by atoms with Crippen molar-refractivity contribution in [3.05, 3.63) is 64.9 Å². The minimum Gasteiger partial charge on any atom is -0.383 e. The quantitative estimate of drug-likeness (QED) is 0.785. The molecule has 2 rings (SSSR count). The summed E-state index contributed by atoms with van der Waals surface area (Å²) in [4.78, 5) is 0. The van der Waals surface area contributed by atoms with Crippen LogP contribution in [0.1, 0.15) is 25.3 Å². The first kappa shape index (κ1) is 14.9. The van der Waals surface area contributed by atoms with Crippen molar-refractivity contribution in [3.8, 4) is 0 Å². The highest BCUT2D eigenvalue weighted by molar-refractivity contribution is 6.33. The van der Waals surface area contributed by atoms with Crippen LogP contribution >= 0.6 is 11.6 Å². The molecule has 1 nitrogen and oxygen atoms in total. The van der Waals surface area contributed by atoms with Gasteiger partial charge < -0.3 is 5.32 Å². The zero-order valence-corrected chi connectivity index (χ0v) is 12.5. The van der Waals surface area contributed by atoms with E-state index >= 15 is 0 Å². The Bertz CT molecular complexity index is 554. The highest BCUT2D eigenvalue weighted by Crippen LogP contribution is 2.27. The van der Waals surface area contributed by atoms with Crippen LogP contribution in [0.5, 0.6) is 0 Å². The predicted molar refractivity (Wildman–Crippen MR) is 83.9 cm³/mol. The second kappa shape index (κ2) is 6.76. The molecule has 0 aliphatic carbocycles. The lowest BCUT2D eigenvalue weighted by atomic mass is 9.88. The van der Waals surface area contributed by atoms with E-state index in [0.717, 1.165) is 12.2 Å². The summed E-state index contributed by atoms with van der Waals surface area (Å²) in [7, 11) is 0. The van der Waals surface area contributed by atoms with Crippen molar-refractivity contribution in [2.75, 3.05) is 11.9 Å². The van der Waals surface area contributed by atoms with E-state index in [-0.39, 0.29) is 5.82 Å². The molecule has 1 unspecified atom stereocenters. The first-order valence-electron chi connectivity index (χ1n) is 6.82. The number of hydrogen-bond donors (Lipinski definition) is 1. The topological polar surface area (TPSA) is 12.0 Å². The minimum atomic E-state index is -0.316. The third-order valence-corrected chi connectivity index (χ3v) is 3.79. The monoisotopic (exact) mass is 291 g/mol. The van der Waals surface area contributed by atoms with Crippen LogP contribution in [-0.4, -0.2) is 6.54 Å². The van der Waals surface area contributed by atoms with E-state index in [4.69, 9.17) is 11.6 Å². The van der Waals surface area contributed by atoms with Gasteiger partial charge in [-0.3, -0.25) is 0 Å². The zero-order valence-electron chi connectivity index (χ0n) is 11.7. The molecule has 20 heavy (non-hydrogen) atoms. The molecule has 3 heteroatoms. The summed E-state index contributed by atoms with van der Waals surface area (Å²) in [6, 6.07) is 14.8. The maximum Gasteiger partial charge on any atom is 0.124 e. The van der Waals surface area contributed by atoms with E-state index in [1.807, 2.05) is 6.07 Å². The Labute approximate surface area is 124 Å². The molecule has 0 saturated heterocycles. The summed E-state index contributed by atoms with van der Waals surface area (Å²) in [5.41, 5.74) is 2.07. The van der Waals surface area contributed by atoms with Crippen LogP contribution in [0.15, 0.2) is 48.5 Å². The van der Waals surface area contributed by atoms with Gasteiger partial charge in [-0.05, 0) is 29.7 Å². The van der Waals surface area contributed by atoms with Gasteiger partial charge in [-0.2, -0.15) is 0 Å². The smallest absolute Gasteiger partial charge is 0.124 e. The lowest BCUT2D eigenvalue weighted by Gasteiger charge is -2.22. The van der Waals surface area contributed by atoms with Gasteiger partial charge in [0.1, 0.15) is 5.82 Å². The third-order valence-electron chi connectivity index (χ3n) is 3.48. The summed E-state index contributed by atoms with van der Waals surface area (Å²) in [5.74, 6) is 0.575. The Morgan fingerprint density at radius 2 is 1.80 bits per heavy atom. The van der Waals surface area contributed by atoms with Gasteiger partial charge in [-0.25, -0.2) is 4.39 Å². The number of anilines is 1. The Kier molecular flexibility index (Phi) is 5.02.